The highest BCUT2D eigenvalue weighted by atomic mass is 35.5. The molecule has 3 heterocycles. The van der Waals surface area contributed by atoms with Crippen LogP contribution >= 0.6 is 23.2 Å². The Hall–Kier alpha value is -4.01. The number of halogens is 2. The number of amides is 2. The number of carbonyl (C=O) groups is 2. The first-order chi connectivity index (χ1) is 18.7. The van der Waals surface area contributed by atoms with Crippen molar-refractivity contribution in [2.45, 2.75) is 25.4 Å². The van der Waals surface area contributed by atoms with Gasteiger partial charge >= 0.3 is 0 Å². The first-order valence-electron chi connectivity index (χ1n) is 12.3. The third kappa shape index (κ3) is 3.41. The fourth-order valence-electron chi connectivity index (χ4n) is 5.65. The molecule has 0 saturated carbocycles. The number of fused-ring (bicyclic) bond motifs is 4. The normalized spacial score (nSPS) is 17.6. The molecule has 1 N–H and O–H groups in total. The highest BCUT2D eigenvalue weighted by Crippen LogP contribution is 2.55. The van der Waals surface area contributed by atoms with Gasteiger partial charge < -0.3 is 19.4 Å². The van der Waals surface area contributed by atoms with Crippen molar-refractivity contribution in [3.63, 3.8) is 0 Å². The molecule has 2 aliphatic rings. The number of nitrogens with zero attached hydrogens (tertiary/aromatic N) is 3. The molecule has 0 radical (unpaired) electrons. The standard InChI is InChI=1S/C29H24Cl2N4O4/c1-15(2)34-25-24(33-26(34)18-7-5-6-8-22(18)38-3)27(36)35(17-10-12-23(39-4)20(31)14-17)29(25)19-11-9-16(30)13-21(19)32-28(29)37/h5-15H,1-4H3,(H,32,37)/t29-/m1/s1. The molecule has 198 valence electrons. The number of imidazole rings is 1. The fourth-order valence-corrected chi connectivity index (χ4v) is 6.07. The molecule has 1 atom stereocenters. The molecular weight excluding hydrogens is 539 g/mol. The van der Waals surface area contributed by atoms with Gasteiger partial charge in [0, 0.05) is 28.0 Å². The first-order valence-corrected chi connectivity index (χ1v) is 13.0. The Morgan fingerprint density at radius 3 is 2.38 bits per heavy atom. The van der Waals surface area contributed by atoms with Gasteiger partial charge in [0.25, 0.3) is 11.8 Å². The second-order valence-corrected chi connectivity index (χ2v) is 10.5. The minimum Gasteiger partial charge on any atom is -0.496 e. The molecule has 3 aromatic carbocycles. The van der Waals surface area contributed by atoms with E-state index in [1.807, 2.05) is 42.7 Å². The van der Waals surface area contributed by atoms with E-state index >= 15 is 0 Å². The summed E-state index contributed by atoms with van der Waals surface area (Å²) in [5, 5.41) is 3.73. The van der Waals surface area contributed by atoms with Crippen LogP contribution in [-0.2, 0) is 10.3 Å². The highest BCUT2D eigenvalue weighted by Gasteiger charge is 2.64. The molecular formula is C29H24Cl2N4O4. The Balaban J connectivity index is 1.71. The summed E-state index contributed by atoms with van der Waals surface area (Å²) in [5.41, 5.74) is 1.32. The largest absolute Gasteiger partial charge is 0.496 e. The third-order valence-corrected chi connectivity index (χ3v) is 7.73. The van der Waals surface area contributed by atoms with Crippen LogP contribution in [-0.4, -0.2) is 35.6 Å². The number of para-hydroxylation sites is 1. The van der Waals surface area contributed by atoms with Crippen LogP contribution in [0.1, 0.15) is 41.6 Å². The fraction of sp³-hybridized carbons (Fsp3) is 0.207. The predicted octanol–water partition coefficient (Wildman–Crippen LogP) is 6.31. The maximum Gasteiger partial charge on any atom is 0.280 e. The number of ether oxygens (including phenoxy) is 2. The zero-order chi connectivity index (χ0) is 27.6. The highest BCUT2D eigenvalue weighted by molar-refractivity contribution is 6.33. The van der Waals surface area contributed by atoms with E-state index in [-0.39, 0.29) is 11.7 Å². The van der Waals surface area contributed by atoms with Crippen LogP contribution in [0.2, 0.25) is 10.0 Å². The smallest absolute Gasteiger partial charge is 0.280 e. The SMILES string of the molecule is COc1ccc(N2C(=O)c3nc(-c4ccccc4OC)n(C(C)C)c3[C@]23C(=O)Nc2cc(Cl)ccc23)cc1Cl. The maximum absolute atomic E-state index is 14.4. The van der Waals surface area contributed by atoms with Crippen LogP contribution < -0.4 is 19.7 Å². The number of rotatable bonds is 5. The summed E-state index contributed by atoms with van der Waals surface area (Å²) in [4.78, 5) is 34.9. The van der Waals surface area contributed by atoms with Crippen molar-refractivity contribution in [2.75, 3.05) is 24.4 Å². The molecule has 0 saturated heterocycles. The van der Waals surface area contributed by atoms with Crippen LogP contribution in [0.15, 0.2) is 60.7 Å². The summed E-state index contributed by atoms with van der Waals surface area (Å²) in [5.74, 6) is 0.756. The van der Waals surface area contributed by atoms with Gasteiger partial charge in [-0.15, -0.1) is 0 Å². The van der Waals surface area contributed by atoms with E-state index in [4.69, 9.17) is 37.7 Å². The summed E-state index contributed by atoms with van der Waals surface area (Å²) in [6.45, 7) is 3.98. The molecule has 0 aliphatic carbocycles. The van der Waals surface area contributed by atoms with E-state index in [1.165, 1.54) is 12.0 Å². The molecule has 0 bridgehead atoms. The van der Waals surface area contributed by atoms with Crippen LogP contribution in [0.25, 0.3) is 11.4 Å². The number of carbonyl (C=O) groups excluding carboxylic acids is 2. The Kier molecular flexibility index (Phi) is 5.86. The Morgan fingerprint density at radius 1 is 0.949 bits per heavy atom. The number of benzene rings is 3. The van der Waals surface area contributed by atoms with Gasteiger partial charge in [0.2, 0.25) is 0 Å². The monoisotopic (exact) mass is 562 g/mol. The lowest BCUT2D eigenvalue weighted by atomic mass is 9.87. The van der Waals surface area contributed by atoms with E-state index < -0.39 is 17.4 Å². The van der Waals surface area contributed by atoms with Crippen molar-refractivity contribution >= 4 is 46.4 Å². The minimum atomic E-state index is -1.57. The van der Waals surface area contributed by atoms with E-state index in [0.29, 0.717) is 55.6 Å². The van der Waals surface area contributed by atoms with E-state index in [1.54, 1.807) is 43.5 Å². The molecule has 2 amide bonds. The van der Waals surface area contributed by atoms with Crippen molar-refractivity contribution in [3.8, 4) is 22.9 Å². The van der Waals surface area contributed by atoms with Gasteiger partial charge in [-0.3, -0.25) is 14.5 Å². The summed E-state index contributed by atoms with van der Waals surface area (Å²) < 4.78 is 12.9. The zero-order valence-corrected chi connectivity index (χ0v) is 23.1. The van der Waals surface area contributed by atoms with Crippen molar-refractivity contribution in [1.82, 2.24) is 9.55 Å². The molecule has 0 unspecified atom stereocenters. The lowest BCUT2D eigenvalue weighted by Crippen LogP contribution is -2.51. The number of aromatic nitrogens is 2. The summed E-state index contributed by atoms with van der Waals surface area (Å²) in [6.07, 6.45) is 0. The summed E-state index contributed by atoms with van der Waals surface area (Å²) in [7, 11) is 3.10. The quantitative estimate of drug-likeness (QED) is 0.308. The lowest BCUT2D eigenvalue weighted by molar-refractivity contribution is -0.119. The van der Waals surface area contributed by atoms with Crippen LogP contribution in [0.5, 0.6) is 11.5 Å². The van der Waals surface area contributed by atoms with Gasteiger partial charge in [0.15, 0.2) is 11.2 Å². The third-order valence-electron chi connectivity index (χ3n) is 7.20. The summed E-state index contributed by atoms with van der Waals surface area (Å²) in [6, 6.07) is 17.5. The van der Waals surface area contributed by atoms with E-state index in [9.17, 15) is 9.59 Å². The van der Waals surface area contributed by atoms with Gasteiger partial charge in [-0.2, -0.15) is 0 Å². The molecule has 2 aliphatic heterocycles. The van der Waals surface area contributed by atoms with Gasteiger partial charge in [-0.05, 0) is 56.3 Å². The van der Waals surface area contributed by atoms with E-state index in [2.05, 4.69) is 5.32 Å². The van der Waals surface area contributed by atoms with Crippen LogP contribution in [0.4, 0.5) is 11.4 Å². The molecule has 8 nitrogen and oxygen atoms in total. The van der Waals surface area contributed by atoms with Gasteiger partial charge in [0.1, 0.15) is 17.3 Å². The van der Waals surface area contributed by atoms with Crippen molar-refractivity contribution in [3.05, 3.63) is 87.7 Å². The molecule has 39 heavy (non-hydrogen) atoms. The average Bonchev–Trinajstić information content (AvgIpc) is 3.52. The topological polar surface area (TPSA) is 85.7 Å². The molecule has 10 heteroatoms. The van der Waals surface area contributed by atoms with Crippen molar-refractivity contribution in [1.29, 1.82) is 0 Å². The van der Waals surface area contributed by atoms with Gasteiger partial charge in [-0.25, -0.2) is 4.98 Å². The van der Waals surface area contributed by atoms with Crippen molar-refractivity contribution < 1.29 is 19.1 Å². The zero-order valence-electron chi connectivity index (χ0n) is 21.6. The Morgan fingerprint density at radius 2 is 1.69 bits per heavy atom. The van der Waals surface area contributed by atoms with Gasteiger partial charge in [-0.1, -0.05) is 41.4 Å². The predicted molar refractivity (Wildman–Crippen MR) is 150 cm³/mol. The molecule has 4 aromatic rings. The number of hydrogen-bond acceptors (Lipinski definition) is 5. The lowest BCUT2D eigenvalue weighted by Gasteiger charge is -2.36. The molecule has 1 spiro atoms. The van der Waals surface area contributed by atoms with Crippen LogP contribution in [0, 0.1) is 0 Å². The average molecular weight is 563 g/mol. The molecule has 0 fully saturated rings. The van der Waals surface area contributed by atoms with Gasteiger partial charge in [0.05, 0.1) is 30.5 Å². The molecule has 6 rings (SSSR count). The number of anilines is 2. The Bertz CT molecular complexity index is 1680. The summed E-state index contributed by atoms with van der Waals surface area (Å²) >= 11 is 12.8. The Labute approximate surface area is 235 Å². The number of nitrogens with one attached hydrogen (secondary N) is 1. The maximum atomic E-state index is 14.4. The van der Waals surface area contributed by atoms with Crippen LogP contribution in [0.3, 0.4) is 0 Å². The minimum absolute atomic E-state index is 0.172. The number of methoxy groups -OCH3 is 2. The second-order valence-electron chi connectivity index (χ2n) is 9.61. The number of hydrogen-bond donors (Lipinski definition) is 1. The second kappa shape index (κ2) is 9.03. The van der Waals surface area contributed by atoms with E-state index in [0.717, 1.165) is 0 Å². The first kappa shape index (κ1) is 25.3. The molecule has 1 aromatic heterocycles. The van der Waals surface area contributed by atoms with Crippen molar-refractivity contribution in [2.24, 2.45) is 0 Å².